The summed E-state index contributed by atoms with van der Waals surface area (Å²) in [6.07, 6.45) is 1.57. The second-order valence-electron chi connectivity index (χ2n) is 5.34. The monoisotopic (exact) mass is 293 g/mol. The van der Waals surface area contributed by atoms with Crippen LogP contribution in [0, 0.1) is 0 Å². The van der Waals surface area contributed by atoms with Gasteiger partial charge in [-0.2, -0.15) is 0 Å². The highest BCUT2D eigenvalue weighted by atomic mass is 16.5. The van der Waals surface area contributed by atoms with Crippen LogP contribution in [0.25, 0.3) is 0 Å². The van der Waals surface area contributed by atoms with Gasteiger partial charge in [-0.3, -0.25) is 4.79 Å². The van der Waals surface area contributed by atoms with Crippen LogP contribution in [-0.4, -0.2) is 43.0 Å². The number of hydrogen-bond donors (Lipinski definition) is 2. The maximum atomic E-state index is 11.9. The fourth-order valence-corrected chi connectivity index (χ4v) is 2.34. The van der Waals surface area contributed by atoms with Gasteiger partial charge >= 0.3 is 0 Å². The Kier molecular flexibility index (Phi) is 5.59. The molecule has 0 bridgehead atoms. The summed E-state index contributed by atoms with van der Waals surface area (Å²) in [7, 11) is 0. The van der Waals surface area contributed by atoms with Crippen molar-refractivity contribution in [3.05, 3.63) is 29.8 Å². The second-order valence-corrected chi connectivity index (χ2v) is 5.34. The molecule has 1 saturated heterocycles. The zero-order valence-electron chi connectivity index (χ0n) is 12.4. The van der Waals surface area contributed by atoms with Crippen molar-refractivity contribution >= 4 is 5.91 Å². The van der Waals surface area contributed by atoms with Gasteiger partial charge in [-0.25, -0.2) is 0 Å². The van der Waals surface area contributed by atoms with E-state index in [0.29, 0.717) is 39.1 Å². The molecular formula is C16H23NO4. The number of para-hydroxylation sites is 1. The van der Waals surface area contributed by atoms with E-state index in [2.05, 4.69) is 5.32 Å². The first kappa shape index (κ1) is 15.8. The Labute approximate surface area is 125 Å². The average Bonchev–Trinajstić information content (AvgIpc) is 2.92. The summed E-state index contributed by atoms with van der Waals surface area (Å²) in [4.78, 5) is 11.9. The number of ether oxygens (including phenoxy) is 2. The Morgan fingerprint density at radius 1 is 1.48 bits per heavy atom. The van der Waals surface area contributed by atoms with E-state index in [1.807, 2.05) is 31.2 Å². The van der Waals surface area contributed by atoms with Crippen molar-refractivity contribution in [1.29, 1.82) is 0 Å². The van der Waals surface area contributed by atoms with Crippen molar-refractivity contribution < 1.29 is 19.4 Å². The lowest BCUT2D eigenvalue weighted by atomic mass is 10.0. The number of aliphatic hydroxyl groups is 1. The summed E-state index contributed by atoms with van der Waals surface area (Å²) >= 11 is 0. The molecular weight excluding hydrogens is 270 g/mol. The van der Waals surface area contributed by atoms with Crippen molar-refractivity contribution in [1.82, 2.24) is 5.32 Å². The van der Waals surface area contributed by atoms with Gasteiger partial charge in [-0.1, -0.05) is 18.2 Å². The van der Waals surface area contributed by atoms with Gasteiger partial charge in [-0.05, 0) is 25.0 Å². The fraction of sp³-hybridized carbons (Fsp3) is 0.562. The number of aryl methyl sites for hydroxylation is 1. The zero-order valence-corrected chi connectivity index (χ0v) is 12.4. The second kappa shape index (κ2) is 7.43. The van der Waals surface area contributed by atoms with Crippen LogP contribution in [0.5, 0.6) is 5.75 Å². The molecule has 0 aromatic heterocycles. The molecule has 2 N–H and O–H groups in total. The molecule has 1 amide bonds. The topological polar surface area (TPSA) is 67.8 Å². The van der Waals surface area contributed by atoms with Crippen LogP contribution in [0.2, 0.25) is 0 Å². The van der Waals surface area contributed by atoms with Crippen molar-refractivity contribution in [2.24, 2.45) is 0 Å². The maximum Gasteiger partial charge on any atom is 0.220 e. The Hall–Kier alpha value is -1.59. The first-order valence-electron chi connectivity index (χ1n) is 7.40. The van der Waals surface area contributed by atoms with Crippen LogP contribution in [0.3, 0.4) is 0 Å². The molecule has 5 nitrogen and oxygen atoms in total. The number of nitrogens with one attached hydrogen (secondary N) is 1. The van der Waals surface area contributed by atoms with E-state index < -0.39 is 5.60 Å². The summed E-state index contributed by atoms with van der Waals surface area (Å²) in [5, 5.41) is 12.9. The molecule has 2 rings (SSSR count). The highest BCUT2D eigenvalue weighted by molar-refractivity contribution is 5.76. The van der Waals surface area contributed by atoms with Crippen LogP contribution in [-0.2, 0) is 16.0 Å². The molecule has 1 fully saturated rings. The smallest absolute Gasteiger partial charge is 0.220 e. The molecule has 1 unspecified atom stereocenters. The van der Waals surface area contributed by atoms with Gasteiger partial charge in [0.15, 0.2) is 0 Å². The maximum absolute atomic E-state index is 11.9. The van der Waals surface area contributed by atoms with E-state index in [0.717, 1.165) is 11.3 Å². The first-order chi connectivity index (χ1) is 10.1. The SMILES string of the molecule is CCOc1ccccc1CCC(=O)NCC1(O)CCOC1. The number of hydrogen-bond acceptors (Lipinski definition) is 4. The van der Waals surface area contributed by atoms with E-state index >= 15 is 0 Å². The van der Waals surface area contributed by atoms with Gasteiger partial charge in [0.2, 0.25) is 5.91 Å². The van der Waals surface area contributed by atoms with Crippen molar-refractivity contribution in [2.45, 2.75) is 31.8 Å². The predicted octanol–water partition coefficient (Wildman–Crippen LogP) is 1.29. The number of rotatable bonds is 7. The lowest BCUT2D eigenvalue weighted by Crippen LogP contribution is -2.43. The van der Waals surface area contributed by atoms with E-state index in [1.54, 1.807) is 0 Å². The molecule has 21 heavy (non-hydrogen) atoms. The molecule has 1 atom stereocenters. The van der Waals surface area contributed by atoms with Gasteiger partial charge in [0.1, 0.15) is 11.4 Å². The summed E-state index contributed by atoms with van der Waals surface area (Å²) in [6, 6.07) is 7.74. The van der Waals surface area contributed by atoms with Gasteiger partial charge in [0.25, 0.3) is 0 Å². The third-order valence-electron chi connectivity index (χ3n) is 3.59. The van der Waals surface area contributed by atoms with Gasteiger partial charge in [-0.15, -0.1) is 0 Å². The Morgan fingerprint density at radius 2 is 2.29 bits per heavy atom. The Morgan fingerprint density at radius 3 is 3.00 bits per heavy atom. The van der Waals surface area contributed by atoms with Gasteiger partial charge in [0, 0.05) is 26.0 Å². The van der Waals surface area contributed by atoms with Crippen molar-refractivity contribution in [3.8, 4) is 5.75 Å². The van der Waals surface area contributed by atoms with Crippen LogP contribution in [0.1, 0.15) is 25.3 Å². The quantitative estimate of drug-likeness (QED) is 0.795. The summed E-state index contributed by atoms with van der Waals surface area (Å²) in [6.45, 7) is 3.64. The third kappa shape index (κ3) is 4.72. The molecule has 0 saturated carbocycles. The Bertz CT molecular complexity index is 469. The largest absolute Gasteiger partial charge is 0.494 e. The van der Waals surface area contributed by atoms with Crippen LogP contribution >= 0.6 is 0 Å². The lowest BCUT2D eigenvalue weighted by Gasteiger charge is -2.20. The third-order valence-corrected chi connectivity index (χ3v) is 3.59. The molecule has 1 aromatic carbocycles. The summed E-state index contributed by atoms with van der Waals surface area (Å²) < 4.78 is 10.7. The molecule has 116 valence electrons. The van der Waals surface area contributed by atoms with Crippen molar-refractivity contribution in [3.63, 3.8) is 0 Å². The molecule has 5 heteroatoms. The average molecular weight is 293 g/mol. The number of carbonyl (C=O) groups excluding carboxylic acids is 1. The highest BCUT2D eigenvalue weighted by Gasteiger charge is 2.32. The van der Waals surface area contributed by atoms with Gasteiger partial charge in [0.05, 0.1) is 13.2 Å². The van der Waals surface area contributed by atoms with Crippen LogP contribution < -0.4 is 10.1 Å². The minimum Gasteiger partial charge on any atom is -0.494 e. The van der Waals surface area contributed by atoms with Crippen LogP contribution in [0.4, 0.5) is 0 Å². The highest BCUT2D eigenvalue weighted by Crippen LogP contribution is 2.20. The number of carbonyl (C=O) groups is 1. The first-order valence-corrected chi connectivity index (χ1v) is 7.40. The number of amides is 1. The Balaban J connectivity index is 1.78. The van der Waals surface area contributed by atoms with E-state index in [9.17, 15) is 9.90 Å². The fourth-order valence-electron chi connectivity index (χ4n) is 2.34. The lowest BCUT2D eigenvalue weighted by molar-refractivity contribution is -0.122. The molecule has 0 spiro atoms. The van der Waals surface area contributed by atoms with E-state index in [4.69, 9.17) is 9.47 Å². The molecule has 0 radical (unpaired) electrons. The van der Waals surface area contributed by atoms with E-state index in [-0.39, 0.29) is 12.5 Å². The van der Waals surface area contributed by atoms with Crippen LogP contribution in [0.15, 0.2) is 24.3 Å². The van der Waals surface area contributed by atoms with Crippen molar-refractivity contribution in [2.75, 3.05) is 26.4 Å². The minimum atomic E-state index is -0.904. The number of benzene rings is 1. The zero-order chi connectivity index (χ0) is 15.1. The molecule has 1 aliphatic rings. The summed E-state index contributed by atoms with van der Waals surface area (Å²) in [5.41, 5.74) is 0.122. The standard InChI is InChI=1S/C16H23NO4/c1-2-21-14-6-4-3-5-13(14)7-8-15(18)17-11-16(19)9-10-20-12-16/h3-6,19H,2,7-12H2,1H3,(H,17,18). The minimum absolute atomic E-state index is 0.0679. The van der Waals surface area contributed by atoms with E-state index in [1.165, 1.54) is 0 Å². The molecule has 0 aliphatic carbocycles. The molecule has 1 aliphatic heterocycles. The predicted molar refractivity (Wildman–Crippen MR) is 79.3 cm³/mol. The van der Waals surface area contributed by atoms with Gasteiger partial charge < -0.3 is 19.9 Å². The molecule has 1 aromatic rings. The summed E-state index contributed by atoms with van der Waals surface area (Å²) in [5.74, 6) is 0.761. The molecule has 1 heterocycles. The normalized spacial score (nSPS) is 21.2.